The van der Waals surface area contributed by atoms with Crippen molar-refractivity contribution >= 4 is 17.5 Å². The minimum absolute atomic E-state index is 0.00484. The second-order valence-corrected chi connectivity index (χ2v) is 4.71. The summed E-state index contributed by atoms with van der Waals surface area (Å²) < 4.78 is 0. The van der Waals surface area contributed by atoms with Gasteiger partial charge in [0.15, 0.2) is 5.78 Å². The predicted octanol–water partition coefficient (Wildman–Crippen LogP) is 3.17. The first-order chi connectivity index (χ1) is 10.1. The third-order valence-electron chi connectivity index (χ3n) is 3.03. The smallest absolute Gasteiger partial charge is 0.319 e. The van der Waals surface area contributed by atoms with E-state index in [1.165, 1.54) is 6.92 Å². The van der Waals surface area contributed by atoms with Crippen LogP contribution < -0.4 is 10.6 Å². The number of urea groups is 1. The van der Waals surface area contributed by atoms with Gasteiger partial charge < -0.3 is 10.6 Å². The maximum atomic E-state index is 11.9. The summed E-state index contributed by atoms with van der Waals surface area (Å²) in [5.74, 6) is -0.00484. The van der Waals surface area contributed by atoms with E-state index >= 15 is 0 Å². The molecule has 0 saturated carbocycles. The highest BCUT2D eigenvalue weighted by Gasteiger charge is 2.10. The molecule has 0 aliphatic rings. The second kappa shape index (κ2) is 6.65. The van der Waals surface area contributed by atoms with Gasteiger partial charge >= 0.3 is 6.03 Å². The molecule has 2 aromatic rings. The number of benzene rings is 1. The maximum Gasteiger partial charge on any atom is 0.319 e. The highest BCUT2D eigenvalue weighted by atomic mass is 16.2. The van der Waals surface area contributed by atoms with E-state index in [-0.39, 0.29) is 17.9 Å². The van der Waals surface area contributed by atoms with E-state index < -0.39 is 0 Å². The van der Waals surface area contributed by atoms with Crippen LogP contribution in [0.1, 0.15) is 35.9 Å². The lowest BCUT2D eigenvalue weighted by Crippen LogP contribution is -2.31. The van der Waals surface area contributed by atoms with E-state index in [1.807, 2.05) is 25.1 Å². The average molecular weight is 283 g/mol. The van der Waals surface area contributed by atoms with Crippen LogP contribution in [0.5, 0.6) is 0 Å². The van der Waals surface area contributed by atoms with Crippen LogP contribution in [0.2, 0.25) is 0 Å². The lowest BCUT2D eigenvalue weighted by Gasteiger charge is -2.14. The number of amides is 2. The molecule has 0 bridgehead atoms. The Morgan fingerprint density at radius 3 is 2.38 bits per heavy atom. The van der Waals surface area contributed by atoms with E-state index in [1.54, 1.807) is 30.5 Å². The van der Waals surface area contributed by atoms with Gasteiger partial charge in [-0.3, -0.25) is 9.78 Å². The third kappa shape index (κ3) is 4.14. The molecular formula is C16H17N3O2. The first-order valence-corrected chi connectivity index (χ1v) is 6.65. The molecule has 108 valence electrons. The van der Waals surface area contributed by atoms with Crippen LogP contribution in [-0.2, 0) is 0 Å². The van der Waals surface area contributed by atoms with Crippen molar-refractivity contribution in [2.24, 2.45) is 0 Å². The summed E-state index contributed by atoms with van der Waals surface area (Å²) in [6, 6.07) is 11.8. The number of pyridine rings is 1. The molecule has 1 heterocycles. The van der Waals surface area contributed by atoms with Gasteiger partial charge in [0.2, 0.25) is 0 Å². The van der Waals surface area contributed by atoms with Gasteiger partial charge in [-0.2, -0.15) is 0 Å². The highest BCUT2D eigenvalue weighted by molar-refractivity contribution is 5.95. The molecule has 5 heteroatoms. The van der Waals surface area contributed by atoms with Crippen LogP contribution in [0.25, 0.3) is 0 Å². The van der Waals surface area contributed by atoms with E-state index in [2.05, 4.69) is 15.6 Å². The topological polar surface area (TPSA) is 71.1 Å². The number of nitrogens with one attached hydrogen (secondary N) is 2. The fourth-order valence-corrected chi connectivity index (χ4v) is 1.86. The Morgan fingerprint density at radius 2 is 1.81 bits per heavy atom. The third-order valence-corrected chi connectivity index (χ3v) is 3.03. The molecular weight excluding hydrogens is 266 g/mol. The van der Waals surface area contributed by atoms with Crippen molar-refractivity contribution in [2.45, 2.75) is 19.9 Å². The number of Topliss-reactive ketones (excluding diaryl/α,β-unsaturated/α-hetero) is 1. The molecule has 0 saturated heterocycles. The van der Waals surface area contributed by atoms with Gasteiger partial charge in [0.05, 0.1) is 11.7 Å². The van der Waals surface area contributed by atoms with E-state index in [4.69, 9.17) is 0 Å². The quantitative estimate of drug-likeness (QED) is 0.847. The minimum Gasteiger partial charge on any atom is -0.330 e. The fourth-order valence-electron chi connectivity index (χ4n) is 1.86. The summed E-state index contributed by atoms with van der Waals surface area (Å²) in [7, 11) is 0. The van der Waals surface area contributed by atoms with Gasteiger partial charge in [-0.1, -0.05) is 6.07 Å². The molecule has 2 rings (SSSR count). The van der Waals surface area contributed by atoms with Crippen LogP contribution in [-0.4, -0.2) is 16.8 Å². The SMILES string of the molecule is CC(=O)c1ccc(NC(=O)NC(C)c2ccccn2)cc1. The number of hydrogen-bond acceptors (Lipinski definition) is 3. The highest BCUT2D eigenvalue weighted by Crippen LogP contribution is 2.11. The van der Waals surface area contributed by atoms with Crippen LogP contribution in [0, 0.1) is 0 Å². The molecule has 0 aliphatic carbocycles. The van der Waals surface area contributed by atoms with E-state index in [9.17, 15) is 9.59 Å². The monoisotopic (exact) mass is 283 g/mol. The lowest BCUT2D eigenvalue weighted by molar-refractivity contribution is 0.101. The number of carbonyl (C=O) groups is 2. The summed E-state index contributed by atoms with van der Waals surface area (Å²) in [5.41, 5.74) is 2.04. The number of anilines is 1. The first-order valence-electron chi connectivity index (χ1n) is 6.65. The average Bonchev–Trinajstić information content (AvgIpc) is 2.48. The van der Waals surface area contributed by atoms with Crippen LogP contribution >= 0.6 is 0 Å². The minimum atomic E-state index is -0.316. The summed E-state index contributed by atoms with van der Waals surface area (Å²) in [6.45, 7) is 3.37. The van der Waals surface area contributed by atoms with Gasteiger partial charge in [0.1, 0.15) is 0 Å². The number of hydrogen-bond donors (Lipinski definition) is 2. The molecule has 0 aliphatic heterocycles. The summed E-state index contributed by atoms with van der Waals surface area (Å²) in [6.07, 6.45) is 1.69. The molecule has 0 fully saturated rings. The van der Waals surface area contributed by atoms with Crippen molar-refractivity contribution in [3.63, 3.8) is 0 Å². The Kier molecular flexibility index (Phi) is 4.66. The lowest BCUT2D eigenvalue weighted by atomic mass is 10.1. The normalized spacial score (nSPS) is 11.5. The van der Waals surface area contributed by atoms with Crippen LogP contribution in [0.3, 0.4) is 0 Å². The van der Waals surface area contributed by atoms with Gasteiger partial charge in [-0.15, -0.1) is 0 Å². The van der Waals surface area contributed by atoms with Crippen molar-refractivity contribution < 1.29 is 9.59 Å². The molecule has 0 spiro atoms. The van der Waals surface area contributed by atoms with Gasteiger partial charge in [0, 0.05) is 17.4 Å². The Morgan fingerprint density at radius 1 is 1.10 bits per heavy atom. The maximum absolute atomic E-state index is 11.9. The molecule has 1 atom stereocenters. The Balaban J connectivity index is 1.94. The van der Waals surface area contributed by atoms with E-state index in [0.717, 1.165) is 5.69 Å². The Labute approximate surface area is 123 Å². The van der Waals surface area contributed by atoms with Crippen molar-refractivity contribution in [2.75, 3.05) is 5.32 Å². The zero-order valence-electron chi connectivity index (χ0n) is 12.0. The van der Waals surface area contributed by atoms with Crippen molar-refractivity contribution in [1.82, 2.24) is 10.3 Å². The molecule has 1 aromatic heterocycles. The standard InChI is InChI=1S/C16H17N3O2/c1-11(15-5-3-4-10-17-15)18-16(21)19-14-8-6-13(7-9-14)12(2)20/h3-11H,1-2H3,(H2,18,19,21). The van der Waals surface area contributed by atoms with Gasteiger partial charge in [-0.05, 0) is 50.2 Å². The van der Waals surface area contributed by atoms with E-state index in [0.29, 0.717) is 11.3 Å². The van der Waals surface area contributed by atoms with Crippen LogP contribution in [0.4, 0.5) is 10.5 Å². The molecule has 2 N–H and O–H groups in total. The molecule has 5 nitrogen and oxygen atoms in total. The molecule has 2 amide bonds. The molecule has 0 radical (unpaired) electrons. The Hall–Kier alpha value is -2.69. The van der Waals surface area contributed by atoms with Crippen molar-refractivity contribution in [3.05, 3.63) is 59.9 Å². The zero-order valence-corrected chi connectivity index (χ0v) is 12.0. The fraction of sp³-hybridized carbons (Fsp3) is 0.188. The van der Waals surface area contributed by atoms with Gasteiger partial charge in [0.25, 0.3) is 0 Å². The van der Waals surface area contributed by atoms with Crippen LogP contribution in [0.15, 0.2) is 48.7 Å². The largest absolute Gasteiger partial charge is 0.330 e. The second-order valence-electron chi connectivity index (χ2n) is 4.71. The zero-order chi connectivity index (χ0) is 15.2. The number of rotatable bonds is 4. The van der Waals surface area contributed by atoms with Gasteiger partial charge in [-0.25, -0.2) is 4.79 Å². The molecule has 1 unspecified atom stereocenters. The number of aromatic nitrogens is 1. The van der Waals surface area contributed by atoms with Crippen molar-refractivity contribution in [3.8, 4) is 0 Å². The Bertz CT molecular complexity index is 624. The number of carbonyl (C=O) groups excluding carboxylic acids is 2. The summed E-state index contributed by atoms with van der Waals surface area (Å²) in [4.78, 5) is 27.3. The molecule has 21 heavy (non-hydrogen) atoms. The summed E-state index contributed by atoms with van der Waals surface area (Å²) in [5, 5.41) is 5.52. The molecule has 1 aromatic carbocycles. The predicted molar refractivity (Wildman–Crippen MR) is 81.3 cm³/mol. The van der Waals surface area contributed by atoms with Crippen molar-refractivity contribution in [1.29, 1.82) is 0 Å². The number of ketones is 1. The summed E-state index contributed by atoms with van der Waals surface area (Å²) >= 11 is 0. The first kappa shape index (κ1) is 14.7. The number of nitrogens with zero attached hydrogens (tertiary/aromatic N) is 1.